The van der Waals surface area contributed by atoms with E-state index in [1.54, 1.807) is 24.4 Å². The summed E-state index contributed by atoms with van der Waals surface area (Å²) in [6.45, 7) is 6.77. The number of rotatable bonds is 4. The van der Waals surface area contributed by atoms with E-state index in [0.29, 0.717) is 11.3 Å². The Morgan fingerprint density at radius 3 is 2.37 bits per heavy atom. The third kappa shape index (κ3) is 5.41. The predicted molar refractivity (Wildman–Crippen MR) is 105 cm³/mol. The number of nitrogens with zero attached hydrogens (tertiary/aromatic N) is 1. The lowest BCUT2D eigenvalue weighted by Crippen LogP contribution is -2.44. The van der Waals surface area contributed by atoms with Gasteiger partial charge < -0.3 is 9.72 Å². The molecule has 1 aromatic heterocycles. The molecule has 0 aliphatic carbocycles. The Morgan fingerprint density at radius 2 is 1.78 bits per heavy atom. The number of ether oxygens (including phenoxy) is 1. The van der Waals surface area contributed by atoms with Crippen molar-refractivity contribution in [2.24, 2.45) is 0 Å². The van der Waals surface area contributed by atoms with E-state index in [1.165, 1.54) is 0 Å². The molecular formula is C19H23BrN4O3. The van der Waals surface area contributed by atoms with E-state index in [0.717, 1.165) is 29.7 Å². The SMILES string of the molecule is CC1CN(Cc2ccc(C(=O)NNC(=O)c3cc(Br)c[nH]3)cc2)CC(C)O1. The van der Waals surface area contributed by atoms with Crippen molar-refractivity contribution in [3.63, 3.8) is 0 Å². The normalized spacial score (nSPS) is 20.3. The maximum Gasteiger partial charge on any atom is 0.286 e. The van der Waals surface area contributed by atoms with E-state index in [-0.39, 0.29) is 18.1 Å². The fourth-order valence-corrected chi connectivity index (χ4v) is 3.53. The van der Waals surface area contributed by atoms with Gasteiger partial charge in [-0.05, 0) is 53.5 Å². The zero-order valence-corrected chi connectivity index (χ0v) is 16.9. The van der Waals surface area contributed by atoms with Crippen molar-refractivity contribution >= 4 is 27.7 Å². The van der Waals surface area contributed by atoms with Gasteiger partial charge in [-0.2, -0.15) is 0 Å². The van der Waals surface area contributed by atoms with E-state index < -0.39 is 5.91 Å². The fraction of sp³-hybridized carbons (Fsp3) is 0.368. The van der Waals surface area contributed by atoms with Crippen LogP contribution in [0.5, 0.6) is 0 Å². The first-order chi connectivity index (χ1) is 12.9. The van der Waals surface area contributed by atoms with Gasteiger partial charge in [0.15, 0.2) is 0 Å². The highest BCUT2D eigenvalue weighted by molar-refractivity contribution is 9.10. The maximum atomic E-state index is 12.2. The van der Waals surface area contributed by atoms with Crippen molar-refractivity contribution in [1.82, 2.24) is 20.7 Å². The average Bonchev–Trinajstić information content (AvgIpc) is 3.05. The van der Waals surface area contributed by atoms with Crippen molar-refractivity contribution in [3.8, 4) is 0 Å². The second-order valence-corrected chi connectivity index (χ2v) is 7.70. The molecule has 2 amide bonds. The lowest BCUT2D eigenvalue weighted by atomic mass is 10.1. The highest BCUT2D eigenvalue weighted by Gasteiger charge is 2.22. The lowest BCUT2D eigenvalue weighted by molar-refractivity contribution is -0.0704. The minimum atomic E-state index is -0.416. The first-order valence-corrected chi connectivity index (χ1v) is 9.61. The number of H-pyrrole nitrogens is 1. The number of nitrogens with one attached hydrogen (secondary N) is 3. The molecule has 0 bridgehead atoms. The van der Waals surface area contributed by atoms with Gasteiger partial charge in [0, 0.05) is 35.9 Å². The largest absolute Gasteiger partial charge is 0.373 e. The number of hydrogen-bond acceptors (Lipinski definition) is 4. The quantitative estimate of drug-likeness (QED) is 0.645. The summed E-state index contributed by atoms with van der Waals surface area (Å²) in [6, 6.07) is 9.02. The molecule has 1 aliphatic rings. The zero-order valence-electron chi connectivity index (χ0n) is 15.3. The van der Waals surface area contributed by atoms with Crippen LogP contribution in [0.3, 0.4) is 0 Å². The predicted octanol–water partition coefficient (Wildman–Crippen LogP) is 2.46. The minimum Gasteiger partial charge on any atom is -0.373 e. The lowest BCUT2D eigenvalue weighted by Gasteiger charge is -2.35. The van der Waals surface area contributed by atoms with Crippen LogP contribution in [0.1, 0.15) is 40.3 Å². The molecule has 1 aliphatic heterocycles. The highest BCUT2D eigenvalue weighted by Crippen LogP contribution is 2.15. The van der Waals surface area contributed by atoms with Crippen molar-refractivity contribution in [2.75, 3.05) is 13.1 Å². The van der Waals surface area contributed by atoms with Gasteiger partial charge in [0.05, 0.1) is 12.2 Å². The van der Waals surface area contributed by atoms with Crippen LogP contribution < -0.4 is 10.9 Å². The first kappa shape index (κ1) is 19.6. The van der Waals surface area contributed by atoms with Gasteiger partial charge in [-0.25, -0.2) is 0 Å². The van der Waals surface area contributed by atoms with Crippen molar-refractivity contribution < 1.29 is 14.3 Å². The number of halogens is 1. The van der Waals surface area contributed by atoms with Gasteiger partial charge in [0.2, 0.25) is 0 Å². The number of benzene rings is 1. The van der Waals surface area contributed by atoms with Crippen LogP contribution in [0, 0.1) is 0 Å². The monoisotopic (exact) mass is 434 g/mol. The van der Waals surface area contributed by atoms with Gasteiger partial charge in [-0.15, -0.1) is 0 Å². The number of carbonyl (C=O) groups excluding carboxylic acids is 2. The van der Waals surface area contributed by atoms with Gasteiger partial charge in [0.25, 0.3) is 11.8 Å². The summed E-state index contributed by atoms with van der Waals surface area (Å²) in [5.74, 6) is -0.782. The van der Waals surface area contributed by atoms with Crippen LogP contribution in [-0.4, -0.2) is 47.0 Å². The van der Waals surface area contributed by atoms with Gasteiger partial charge in [-0.3, -0.25) is 25.3 Å². The van der Waals surface area contributed by atoms with E-state index in [1.807, 2.05) is 12.1 Å². The Labute approximate surface area is 166 Å². The number of aromatic amines is 1. The molecule has 3 rings (SSSR count). The topological polar surface area (TPSA) is 86.5 Å². The minimum absolute atomic E-state index is 0.225. The summed E-state index contributed by atoms with van der Waals surface area (Å²) in [5, 5.41) is 0. The molecule has 8 heteroatoms. The van der Waals surface area contributed by atoms with Crippen LogP contribution in [0.25, 0.3) is 0 Å². The molecular weight excluding hydrogens is 412 g/mol. The van der Waals surface area contributed by atoms with E-state index >= 15 is 0 Å². The molecule has 0 radical (unpaired) electrons. The molecule has 3 N–H and O–H groups in total. The molecule has 7 nitrogen and oxygen atoms in total. The Bertz CT molecular complexity index is 796. The van der Waals surface area contributed by atoms with Crippen LogP contribution in [-0.2, 0) is 11.3 Å². The van der Waals surface area contributed by atoms with Crippen LogP contribution in [0.4, 0.5) is 0 Å². The second-order valence-electron chi connectivity index (χ2n) is 6.79. The standard InChI is InChI=1S/C19H23BrN4O3/c1-12-9-24(10-13(2)27-12)11-14-3-5-15(6-4-14)18(25)22-23-19(26)17-7-16(20)8-21-17/h3-8,12-13,21H,9-11H2,1-2H3,(H,22,25)(H,23,26). The van der Waals surface area contributed by atoms with Gasteiger partial charge in [-0.1, -0.05) is 12.1 Å². The fourth-order valence-electron chi connectivity index (χ4n) is 3.19. The summed E-state index contributed by atoms with van der Waals surface area (Å²) < 4.78 is 6.51. The molecule has 1 saturated heterocycles. The van der Waals surface area contributed by atoms with Crippen molar-refractivity contribution in [2.45, 2.75) is 32.6 Å². The molecule has 2 aromatic rings. The van der Waals surface area contributed by atoms with Crippen LogP contribution in [0.2, 0.25) is 0 Å². The number of aromatic nitrogens is 1. The summed E-state index contributed by atoms with van der Waals surface area (Å²) in [4.78, 5) is 29.3. The number of carbonyl (C=O) groups is 2. The average molecular weight is 435 g/mol. The Morgan fingerprint density at radius 1 is 1.15 bits per heavy atom. The Hall–Kier alpha value is -2.16. The zero-order chi connectivity index (χ0) is 19.4. The first-order valence-electron chi connectivity index (χ1n) is 8.82. The molecule has 2 unspecified atom stereocenters. The molecule has 0 saturated carbocycles. The van der Waals surface area contributed by atoms with Crippen molar-refractivity contribution in [3.05, 3.63) is 57.8 Å². The third-order valence-electron chi connectivity index (χ3n) is 4.30. The van der Waals surface area contributed by atoms with E-state index in [4.69, 9.17) is 4.74 Å². The van der Waals surface area contributed by atoms with Crippen LogP contribution >= 0.6 is 15.9 Å². The number of morpholine rings is 1. The summed E-state index contributed by atoms with van der Waals surface area (Å²) >= 11 is 3.26. The molecule has 2 atom stereocenters. The van der Waals surface area contributed by atoms with E-state index in [2.05, 4.69) is 50.5 Å². The number of hydrogen-bond donors (Lipinski definition) is 3. The molecule has 1 aromatic carbocycles. The summed E-state index contributed by atoms with van der Waals surface area (Å²) in [6.07, 6.45) is 2.09. The summed E-state index contributed by atoms with van der Waals surface area (Å²) in [7, 11) is 0. The number of amides is 2. The van der Waals surface area contributed by atoms with E-state index in [9.17, 15) is 9.59 Å². The molecule has 144 valence electrons. The summed E-state index contributed by atoms with van der Waals surface area (Å²) in [5.41, 5.74) is 6.77. The number of hydrazine groups is 1. The molecule has 1 fully saturated rings. The van der Waals surface area contributed by atoms with Crippen molar-refractivity contribution in [1.29, 1.82) is 0 Å². The second kappa shape index (κ2) is 8.69. The highest BCUT2D eigenvalue weighted by atomic mass is 79.9. The smallest absolute Gasteiger partial charge is 0.286 e. The Kier molecular flexibility index (Phi) is 6.30. The van der Waals surface area contributed by atoms with Gasteiger partial charge >= 0.3 is 0 Å². The molecule has 27 heavy (non-hydrogen) atoms. The van der Waals surface area contributed by atoms with Crippen LogP contribution in [0.15, 0.2) is 41.0 Å². The third-order valence-corrected chi connectivity index (χ3v) is 4.76. The molecule has 2 heterocycles. The molecule has 0 spiro atoms. The Balaban J connectivity index is 1.52. The van der Waals surface area contributed by atoms with Gasteiger partial charge in [0.1, 0.15) is 5.69 Å². The maximum absolute atomic E-state index is 12.2.